The zero-order valence-electron chi connectivity index (χ0n) is 17.8. The Bertz CT molecular complexity index is 1190. The van der Waals surface area contributed by atoms with Gasteiger partial charge in [0.1, 0.15) is 0 Å². The molecule has 3 aliphatic carbocycles. The predicted molar refractivity (Wildman–Crippen MR) is 114 cm³/mol. The molecule has 4 atom stereocenters. The fourth-order valence-corrected chi connectivity index (χ4v) is 5.65. The summed E-state index contributed by atoms with van der Waals surface area (Å²) in [6.07, 6.45) is 3.98. The first-order valence-electron chi connectivity index (χ1n) is 10.8. The van der Waals surface area contributed by atoms with Crippen LogP contribution in [-0.4, -0.2) is 35.1 Å². The predicted octanol–water partition coefficient (Wildman–Crippen LogP) is 2.51. The first kappa shape index (κ1) is 20.4. The van der Waals surface area contributed by atoms with Gasteiger partial charge in [-0.1, -0.05) is 17.7 Å². The van der Waals surface area contributed by atoms with Crippen LogP contribution in [0.2, 0.25) is 0 Å². The highest BCUT2D eigenvalue weighted by molar-refractivity contribution is 6.23. The first-order valence-corrected chi connectivity index (χ1v) is 10.8. The zero-order chi connectivity index (χ0) is 22.7. The molecule has 0 bridgehead atoms. The van der Waals surface area contributed by atoms with Crippen LogP contribution in [0, 0.1) is 17.8 Å². The number of phenolic OH excluding ortho intramolecular Hbond substituents is 1. The lowest BCUT2D eigenvalue weighted by atomic mass is 9.59. The van der Waals surface area contributed by atoms with Crippen LogP contribution in [0.5, 0.6) is 11.5 Å². The molecule has 32 heavy (non-hydrogen) atoms. The Kier molecular flexibility index (Phi) is 4.65. The molecule has 2 amide bonds. The number of allylic oxidation sites excluding steroid dienone is 6. The number of aromatic hydroxyl groups is 1. The maximum absolute atomic E-state index is 13.1. The number of carbonyl (C=O) groups is 4. The lowest BCUT2D eigenvalue weighted by Crippen LogP contribution is -2.39. The number of benzene rings is 1. The molecule has 1 aromatic rings. The number of Topliss-reactive ketones (excluding diaryl/α,β-unsaturated/α-hetero) is 1. The van der Waals surface area contributed by atoms with Crippen LogP contribution in [0.1, 0.15) is 38.2 Å². The van der Waals surface area contributed by atoms with E-state index in [2.05, 4.69) is 5.32 Å². The second-order valence-electron chi connectivity index (χ2n) is 8.74. The maximum atomic E-state index is 13.1. The average Bonchev–Trinajstić information content (AvgIpc) is 3.06. The van der Waals surface area contributed by atoms with Gasteiger partial charge in [-0.15, -0.1) is 0 Å². The van der Waals surface area contributed by atoms with Crippen molar-refractivity contribution in [3.8, 4) is 11.5 Å². The summed E-state index contributed by atoms with van der Waals surface area (Å²) in [4.78, 5) is 51.2. The molecular weight excluding hydrogens is 410 g/mol. The molecular formula is C25H23NO6. The highest BCUT2D eigenvalue weighted by Crippen LogP contribution is 2.54. The summed E-state index contributed by atoms with van der Waals surface area (Å²) < 4.78 is 5.55. The Morgan fingerprint density at radius 1 is 1.12 bits per heavy atom. The molecule has 4 aliphatic rings. The largest absolute Gasteiger partial charge is 0.504 e. The number of hydrogen-bond acceptors (Lipinski definition) is 6. The third-order valence-corrected chi connectivity index (χ3v) is 7.02. The minimum Gasteiger partial charge on any atom is -0.504 e. The van der Waals surface area contributed by atoms with Gasteiger partial charge >= 0.3 is 0 Å². The number of hydrogen-bond donors (Lipinski definition) is 2. The van der Waals surface area contributed by atoms with E-state index in [1.165, 1.54) is 12.1 Å². The maximum Gasteiger partial charge on any atom is 0.231 e. The van der Waals surface area contributed by atoms with Crippen molar-refractivity contribution in [2.75, 3.05) is 6.61 Å². The molecule has 1 heterocycles. The third kappa shape index (κ3) is 2.87. The van der Waals surface area contributed by atoms with Crippen LogP contribution in [-0.2, 0) is 19.2 Å². The molecule has 164 valence electrons. The van der Waals surface area contributed by atoms with Gasteiger partial charge in [-0.25, -0.2) is 0 Å². The van der Waals surface area contributed by atoms with Gasteiger partial charge in [0.25, 0.3) is 0 Å². The Morgan fingerprint density at radius 3 is 2.66 bits per heavy atom. The molecule has 0 spiro atoms. The fraction of sp³-hybridized carbons (Fsp3) is 0.360. The van der Waals surface area contributed by atoms with E-state index in [1.807, 2.05) is 6.08 Å². The van der Waals surface area contributed by atoms with Crippen LogP contribution in [0.15, 0.2) is 52.6 Å². The fourth-order valence-electron chi connectivity index (χ4n) is 5.65. The number of nitrogens with one attached hydrogen (secondary N) is 1. The van der Waals surface area contributed by atoms with Gasteiger partial charge in [0.05, 0.1) is 18.4 Å². The number of amides is 2. The monoisotopic (exact) mass is 433 g/mol. The van der Waals surface area contributed by atoms with Gasteiger partial charge in [0.2, 0.25) is 11.8 Å². The van der Waals surface area contributed by atoms with Gasteiger partial charge < -0.3 is 9.84 Å². The van der Waals surface area contributed by atoms with Gasteiger partial charge in [-0.05, 0) is 56.4 Å². The molecule has 1 aromatic carbocycles. The van der Waals surface area contributed by atoms with Crippen molar-refractivity contribution in [3.05, 3.63) is 58.2 Å². The van der Waals surface area contributed by atoms with Gasteiger partial charge in [0.15, 0.2) is 23.1 Å². The average molecular weight is 433 g/mol. The van der Waals surface area contributed by atoms with Crippen molar-refractivity contribution >= 4 is 23.4 Å². The van der Waals surface area contributed by atoms with E-state index < -0.39 is 17.8 Å². The summed E-state index contributed by atoms with van der Waals surface area (Å²) in [7, 11) is 0. The molecule has 0 saturated carbocycles. The van der Waals surface area contributed by atoms with Crippen LogP contribution in [0.3, 0.4) is 0 Å². The van der Waals surface area contributed by atoms with E-state index in [0.717, 1.165) is 5.57 Å². The van der Waals surface area contributed by atoms with E-state index >= 15 is 0 Å². The van der Waals surface area contributed by atoms with E-state index in [4.69, 9.17) is 4.74 Å². The molecule has 1 fully saturated rings. The molecule has 0 aromatic heterocycles. The SMILES string of the molecule is CCOc1cc(C2C3=CCC4C(=O)NC(=O)C4C3CC3=C2C(=O)C=C(C)C3=O)ccc1O. The third-order valence-electron chi connectivity index (χ3n) is 7.02. The van der Waals surface area contributed by atoms with Gasteiger partial charge in [-0.2, -0.15) is 0 Å². The molecule has 4 unspecified atom stereocenters. The van der Waals surface area contributed by atoms with Crippen molar-refractivity contribution in [2.45, 2.75) is 32.6 Å². The number of rotatable bonds is 3. The van der Waals surface area contributed by atoms with Crippen molar-refractivity contribution < 1.29 is 29.0 Å². The van der Waals surface area contributed by atoms with Crippen LogP contribution < -0.4 is 10.1 Å². The molecule has 5 rings (SSSR count). The second kappa shape index (κ2) is 7.29. The lowest BCUT2D eigenvalue weighted by molar-refractivity contribution is -0.126. The van der Waals surface area contributed by atoms with Crippen molar-refractivity contribution in [1.29, 1.82) is 0 Å². The standard InChI is InChI=1S/C25H23NO6/c1-3-32-19-9-12(4-7-17(19)27)20-13-5-6-14-21(25(31)26-24(14)30)15(13)10-16-22(20)18(28)8-11(2)23(16)29/h4-5,7-9,14-15,20-21,27H,3,6,10H2,1-2H3,(H,26,30,31). The van der Waals surface area contributed by atoms with Crippen LogP contribution in [0.4, 0.5) is 0 Å². The van der Waals surface area contributed by atoms with Gasteiger partial charge in [0, 0.05) is 22.6 Å². The Labute approximate surface area is 184 Å². The van der Waals surface area contributed by atoms with Crippen molar-refractivity contribution in [3.63, 3.8) is 0 Å². The van der Waals surface area contributed by atoms with Crippen molar-refractivity contribution in [1.82, 2.24) is 5.32 Å². The number of ether oxygens (including phenoxy) is 1. The summed E-state index contributed by atoms with van der Waals surface area (Å²) in [5.74, 6) is -2.65. The minimum atomic E-state index is -0.559. The first-order chi connectivity index (χ1) is 15.3. The van der Waals surface area contributed by atoms with Gasteiger partial charge in [-0.3, -0.25) is 24.5 Å². The van der Waals surface area contributed by atoms with E-state index in [-0.39, 0.29) is 41.5 Å². The number of ketones is 2. The number of imide groups is 1. The quantitative estimate of drug-likeness (QED) is 0.431. The van der Waals surface area contributed by atoms with Crippen LogP contribution in [0.25, 0.3) is 0 Å². The second-order valence-corrected chi connectivity index (χ2v) is 8.74. The number of fused-ring (bicyclic) bond motifs is 3. The van der Waals surface area contributed by atoms with E-state index in [9.17, 15) is 24.3 Å². The Hall–Kier alpha value is -3.48. The summed E-state index contributed by atoms with van der Waals surface area (Å²) in [6.45, 7) is 3.78. The zero-order valence-corrected chi connectivity index (χ0v) is 17.8. The minimum absolute atomic E-state index is 0.0163. The molecule has 2 N–H and O–H groups in total. The highest BCUT2D eigenvalue weighted by atomic mass is 16.5. The highest BCUT2D eigenvalue weighted by Gasteiger charge is 2.53. The molecule has 0 radical (unpaired) electrons. The molecule has 1 saturated heterocycles. The normalized spacial score (nSPS) is 29.1. The van der Waals surface area contributed by atoms with Crippen LogP contribution >= 0.6 is 0 Å². The lowest BCUT2D eigenvalue weighted by Gasteiger charge is -2.42. The Balaban J connectivity index is 1.71. The summed E-state index contributed by atoms with van der Waals surface area (Å²) in [6, 6.07) is 4.91. The molecule has 1 aliphatic heterocycles. The molecule has 7 nitrogen and oxygen atoms in total. The van der Waals surface area contributed by atoms with Crippen molar-refractivity contribution in [2.24, 2.45) is 17.8 Å². The topological polar surface area (TPSA) is 110 Å². The summed E-state index contributed by atoms with van der Waals surface area (Å²) in [5, 5.41) is 12.6. The summed E-state index contributed by atoms with van der Waals surface area (Å²) in [5.41, 5.74) is 2.78. The number of phenols is 1. The van der Waals surface area contributed by atoms with E-state index in [1.54, 1.807) is 26.0 Å². The Morgan fingerprint density at radius 2 is 1.91 bits per heavy atom. The molecule has 7 heteroatoms. The smallest absolute Gasteiger partial charge is 0.231 e. The number of carbonyl (C=O) groups excluding carboxylic acids is 4. The summed E-state index contributed by atoms with van der Waals surface area (Å²) >= 11 is 0. The van der Waals surface area contributed by atoms with E-state index in [0.29, 0.717) is 41.1 Å².